The number of nitrogens with zero attached hydrogens (tertiary/aromatic N) is 4. The van der Waals surface area contributed by atoms with E-state index in [1.54, 1.807) is 5.48 Å². The molecule has 2 atom stereocenters. The van der Waals surface area contributed by atoms with E-state index in [1.165, 1.54) is 64.2 Å². The van der Waals surface area contributed by atoms with Crippen LogP contribution in [0.4, 0.5) is 0 Å². The van der Waals surface area contributed by atoms with Gasteiger partial charge in [0.1, 0.15) is 0 Å². The molecule has 3 amide bonds. The molecule has 2 aromatic heterocycles. The van der Waals surface area contributed by atoms with E-state index in [9.17, 15) is 19.2 Å². The van der Waals surface area contributed by atoms with Crippen molar-refractivity contribution in [2.24, 2.45) is 23.3 Å². The van der Waals surface area contributed by atoms with Crippen LogP contribution in [0.15, 0.2) is 9.05 Å². The Bertz CT molecular complexity index is 1320. The monoisotopic (exact) mass is 719 g/mol. The van der Waals surface area contributed by atoms with Gasteiger partial charge in [0.25, 0.3) is 0 Å². The van der Waals surface area contributed by atoms with Crippen molar-refractivity contribution >= 4 is 23.7 Å². The first-order chi connectivity index (χ1) is 24.6. The minimum atomic E-state index is -0.866. The van der Waals surface area contributed by atoms with E-state index in [0.717, 1.165) is 50.4 Å². The van der Waals surface area contributed by atoms with E-state index in [1.807, 2.05) is 0 Å². The van der Waals surface area contributed by atoms with Crippen LogP contribution in [0.5, 0.6) is 0 Å². The van der Waals surface area contributed by atoms with Crippen molar-refractivity contribution in [3.05, 3.63) is 23.4 Å². The van der Waals surface area contributed by atoms with Crippen LogP contribution < -0.4 is 27.6 Å². The Morgan fingerprint density at radius 1 is 0.706 bits per heavy atom. The van der Waals surface area contributed by atoms with Crippen LogP contribution in [0.1, 0.15) is 151 Å². The summed E-state index contributed by atoms with van der Waals surface area (Å²) < 4.78 is 10.5. The number of hydrogen-bond acceptors (Lipinski definition) is 13. The SMILES string of the molecule is NC(=O)CNCc1noc([C@H](CCCC2CCCCC2)CC(=O)NO)n1.NC(=O)CNCc1noc([C@H](CCCC2CCCCC2)CC(=O)O)n1. The molecule has 2 aromatic rings. The van der Waals surface area contributed by atoms with Crippen molar-refractivity contribution in [1.82, 2.24) is 36.4 Å². The molecule has 0 unspecified atom stereocenters. The maximum atomic E-state index is 11.6. The number of amides is 3. The molecule has 2 aliphatic rings. The van der Waals surface area contributed by atoms with Crippen LogP contribution in [0, 0.1) is 11.8 Å². The zero-order valence-electron chi connectivity index (χ0n) is 29.7. The Morgan fingerprint density at radius 2 is 1.14 bits per heavy atom. The van der Waals surface area contributed by atoms with Crippen molar-refractivity contribution in [2.75, 3.05) is 13.1 Å². The van der Waals surface area contributed by atoms with Gasteiger partial charge in [-0.3, -0.25) is 24.4 Å². The van der Waals surface area contributed by atoms with E-state index in [-0.39, 0.29) is 50.9 Å². The van der Waals surface area contributed by atoms with Crippen molar-refractivity contribution < 1.29 is 38.5 Å². The third-order valence-electron chi connectivity index (χ3n) is 9.59. The molecule has 51 heavy (non-hydrogen) atoms. The lowest BCUT2D eigenvalue weighted by molar-refractivity contribution is -0.137. The summed E-state index contributed by atoms with van der Waals surface area (Å²) >= 11 is 0. The number of hydrogen-bond donors (Lipinski definition) is 7. The Morgan fingerprint density at radius 3 is 1.53 bits per heavy atom. The topological polar surface area (TPSA) is 275 Å². The number of nitrogens with two attached hydrogens (primary N) is 2. The molecule has 0 aliphatic heterocycles. The molecule has 2 saturated carbocycles. The molecule has 0 saturated heterocycles. The second kappa shape index (κ2) is 23.5. The predicted molar refractivity (Wildman–Crippen MR) is 184 cm³/mol. The molecule has 9 N–H and O–H groups in total. The number of nitrogens with one attached hydrogen (secondary N) is 3. The zero-order chi connectivity index (χ0) is 36.8. The highest BCUT2D eigenvalue weighted by molar-refractivity contribution is 5.76. The maximum absolute atomic E-state index is 11.6. The summed E-state index contributed by atoms with van der Waals surface area (Å²) in [6, 6.07) is 0. The van der Waals surface area contributed by atoms with E-state index >= 15 is 0 Å². The maximum Gasteiger partial charge on any atom is 0.304 e. The van der Waals surface area contributed by atoms with Gasteiger partial charge in [0.05, 0.1) is 32.6 Å². The average Bonchev–Trinajstić information content (AvgIpc) is 3.78. The first kappa shape index (κ1) is 41.5. The molecule has 2 fully saturated rings. The zero-order valence-corrected chi connectivity index (χ0v) is 29.7. The highest BCUT2D eigenvalue weighted by Crippen LogP contribution is 2.32. The number of primary amides is 2. The summed E-state index contributed by atoms with van der Waals surface area (Å²) in [4.78, 5) is 52.8. The Hall–Kier alpha value is -3.96. The molecule has 17 nitrogen and oxygen atoms in total. The lowest BCUT2D eigenvalue weighted by atomic mass is 9.84. The molecule has 17 heteroatoms. The van der Waals surface area contributed by atoms with Gasteiger partial charge in [0.15, 0.2) is 11.6 Å². The van der Waals surface area contributed by atoms with Gasteiger partial charge in [0.2, 0.25) is 29.5 Å². The highest BCUT2D eigenvalue weighted by Gasteiger charge is 2.25. The Balaban J connectivity index is 0.000000276. The fourth-order valence-electron chi connectivity index (χ4n) is 6.97. The fraction of sp³-hybridized carbons (Fsp3) is 0.765. The quantitative estimate of drug-likeness (QED) is 0.0679. The summed E-state index contributed by atoms with van der Waals surface area (Å²) in [5.74, 6) is 0.332. The number of aromatic nitrogens is 4. The summed E-state index contributed by atoms with van der Waals surface area (Å²) in [6.45, 7) is 0.577. The summed E-state index contributed by atoms with van der Waals surface area (Å²) in [5, 5.41) is 31.3. The molecule has 2 heterocycles. The summed E-state index contributed by atoms with van der Waals surface area (Å²) in [7, 11) is 0. The van der Waals surface area contributed by atoms with Crippen LogP contribution >= 0.6 is 0 Å². The highest BCUT2D eigenvalue weighted by atomic mass is 16.5. The molecule has 286 valence electrons. The van der Waals surface area contributed by atoms with E-state index in [2.05, 4.69) is 30.9 Å². The van der Waals surface area contributed by atoms with Crippen molar-refractivity contribution in [2.45, 2.75) is 141 Å². The van der Waals surface area contributed by atoms with E-state index in [0.29, 0.717) is 23.4 Å². The Kier molecular flexibility index (Phi) is 19.1. The first-order valence-corrected chi connectivity index (χ1v) is 18.4. The molecular formula is C34H57N9O8. The molecule has 0 bridgehead atoms. The molecule has 0 spiro atoms. The van der Waals surface area contributed by atoms with Gasteiger partial charge in [-0.25, -0.2) is 5.48 Å². The van der Waals surface area contributed by atoms with Gasteiger partial charge in [-0.15, -0.1) is 0 Å². The van der Waals surface area contributed by atoms with Gasteiger partial charge in [-0.2, -0.15) is 9.97 Å². The Labute approximate surface area is 298 Å². The van der Waals surface area contributed by atoms with Crippen molar-refractivity contribution in [3.8, 4) is 0 Å². The number of carbonyl (C=O) groups is 4. The predicted octanol–water partition coefficient (Wildman–Crippen LogP) is 3.33. The number of hydroxylamine groups is 1. The number of rotatable bonds is 22. The third kappa shape index (κ3) is 17.2. The molecule has 4 rings (SSSR count). The number of carboxylic acids is 1. The number of aliphatic carboxylic acids is 1. The fourth-order valence-corrected chi connectivity index (χ4v) is 6.97. The van der Waals surface area contributed by atoms with Crippen LogP contribution in [-0.2, 0) is 32.3 Å². The lowest BCUT2D eigenvalue weighted by Crippen LogP contribution is -2.28. The van der Waals surface area contributed by atoms with Crippen LogP contribution in [-0.4, -0.2) is 67.4 Å². The number of carboxylic acid groups (broad SMARTS) is 1. The van der Waals surface area contributed by atoms with Crippen molar-refractivity contribution in [1.29, 1.82) is 0 Å². The normalized spacial score (nSPS) is 16.5. The molecule has 2 aliphatic carbocycles. The average molecular weight is 720 g/mol. The molecule has 0 radical (unpaired) electrons. The van der Waals surface area contributed by atoms with Crippen LogP contribution in [0.25, 0.3) is 0 Å². The van der Waals surface area contributed by atoms with E-state index in [4.69, 9.17) is 30.8 Å². The van der Waals surface area contributed by atoms with Gasteiger partial charge < -0.3 is 36.3 Å². The van der Waals surface area contributed by atoms with Gasteiger partial charge >= 0.3 is 5.97 Å². The standard InChI is InChI=1S/C17H29N5O4.C17H28N4O4/c18-14(23)10-19-11-15-20-17(26-22-15)13(9-16(24)21-25)8-4-7-12-5-2-1-3-6-12;18-14(22)10-19-11-15-20-17(25-21-15)13(9-16(23)24)8-4-7-12-5-2-1-3-6-12/h12-13,19,25H,1-11H2,(H2,18,23)(H,21,24);12-13,19H,1-11H2,(H2,18,22)(H,23,24)/t2*13-/m11/s1. The van der Waals surface area contributed by atoms with Crippen LogP contribution in [0.2, 0.25) is 0 Å². The third-order valence-corrected chi connectivity index (χ3v) is 9.59. The number of carbonyl (C=O) groups excluding carboxylic acids is 3. The summed E-state index contributed by atoms with van der Waals surface area (Å²) in [6.07, 6.45) is 18.9. The van der Waals surface area contributed by atoms with E-state index < -0.39 is 23.7 Å². The van der Waals surface area contributed by atoms with Gasteiger partial charge in [0, 0.05) is 18.3 Å². The molecular weight excluding hydrogens is 662 g/mol. The lowest BCUT2D eigenvalue weighted by Gasteiger charge is -2.22. The molecule has 0 aromatic carbocycles. The van der Waals surface area contributed by atoms with Crippen molar-refractivity contribution in [3.63, 3.8) is 0 Å². The van der Waals surface area contributed by atoms with Crippen LogP contribution in [0.3, 0.4) is 0 Å². The second-order valence-electron chi connectivity index (χ2n) is 13.8. The van der Waals surface area contributed by atoms with Gasteiger partial charge in [-0.1, -0.05) is 100 Å². The summed E-state index contributed by atoms with van der Waals surface area (Å²) in [5.41, 5.74) is 11.8. The minimum Gasteiger partial charge on any atom is -0.481 e. The largest absolute Gasteiger partial charge is 0.481 e. The minimum absolute atomic E-state index is 0.0129. The first-order valence-electron chi connectivity index (χ1n) is 18.4. The van der Waals surface area contributed by atoms with Gasteiger partial charge in [-0.05, 0) is 24.7 Å². The smallest absolute Gasteiger partial charge is 0.304 e. The second-order valence-corrected chi connectivity index (χ2v) is 13.8.